The molecule has 2 heterocycles. The van der Waals surface area contributed by atoms with E-state index in [0.29, 0.717) is 24.9 Å². The minimum atomic E-state index is -0.367. The molecule has 0 unspecified atom stereocenters. The predicted octanol–water partition coefficient (Wildman–Crippen LogP) is 2.91. The molecule has 0 aliphatic heterocycles. The molecule has 0 radical (unpaired) electrons. The lowest BCUT2D eigenvalue weighted by molar-refractivity contribution is -0.121. The van der Waals surface area contributed by atoms with E-state index in [2.05, 4.69) is 15.6 Å². The molecule has 152 valence electrons. The van der Waals surface area contributed by atoms with Crippen LogP contribution in [0.25, 0.3) is 0 Å². The summed E-state index contributed by atoms with van der Waals surface area (Å²) in [5, 5.41) is 9.55. The van der Waals surface area contributed by atoms with Crippen molar-refractivity contribution in [2.45, 2.75) is 18.9 Å². The van der Waals surface area contributed by atoms with Gasteiger partial charge in [-0.1, -0.05) is 12.1 Å². The van der Waals surface area contributed by atoms with Crippen LogP contribution in [0, 0.1) is 0 Å². The monoisotopic (exact) mass is 412 g/mol. The van der Waals surface area contributed by atoms with Crippen LogP contribution in [0.3, 0.4) is 0 Å². The van der Waals surface area contributed by atoms with Gasteiger partial charge in [-0.25, -0.2) is 4.98 Å². The molecule has 0 aliphatic carbocycles. The summed E-state index contributed by atoms with van der Waals surface area (Å²) in [5.74, 6) is 1.28. The Bertz CT molecular complexity index is 935. The molecule has 0 saturated heterocycles. The minimum Gasteiger partial charge on any atom is -0.497 e. The molecule has 1 atom stereocenters. The molecule has 0 bridgehead atoms. The fourth-order valence-corrected chi connectivity index (χ4v) is 3.56. The number of benzene rings is 1. The van der Waals surface area contributed by atoms with Crippen molar-refractivity contribution in [2.75, 3.05) is 13.7 Å². The van der Waals surface area contributed by atoms with Crippen LogP contribution in [0.5, 0.6) is 5.75 Å². The minimum absolute atomic E-state index is 0.0985. The third-order valence-corrected chi connectivity index (χ3v) is 5.20. The van der Waals surface area contributed by atoms with Crippen LogP contribution in [0.1, 0.15) is 40.6 Å². The topological polar surface area (TPSA) is 85.2 Å². The molecule has 0 aliphatic rings. The predicted molar refractivity (Wildman–Crippen MR) is 112 cm³/mol. The maximum Gasteiger partial charge on any atom is 0.252 e. The van der Waals surface area contributed by atoms with E-state index in [0.717, 1.165) is 17.1 Å². The Morgan fingerprint density at radius 2 is 2.03 bits per heavy atom. The highest BCUT2D eigenvalue weighted by Gasteiger charge is 2.20. The molecule has 8 heteroatoms. The van der Waals surface area contributed by atoms with Gasteiger partial charge in [-0.05, 0) is 35.6 Å². The molecule has 0 saturated carbocycles. The number of rotatable bonds is 9. The second kappa shape index (κ2) is 9.88. The van der Waals surface area contributed by atoms with E-state index in [9.17, 15) is 9.59 Å². The molecule has 29 heavy (non-hydrogen) atoms. The molecule has 2 aromatic heterocycles. The van der Waals surface area contributed by atoms with Crippen molar-refractivity contribution in [2.24, 2.45) is 7.05 Å². The Morgan fingerprint density at radius 3 is 2.66 bits per heavy atom. The third kappa shape index (κ3) is 5.45. The number of nitrogens with one attached hydrogen (secondary N) is 2. The van der Waals surface area contributed by atoms with Crippen molar-refractivity contribution in [1.82, 2.24) is 20.2 Å². The summed E-state index contributed by atoms with van der Waals surface area (Å²) in [7, 11) is 3.51. The highest BCUT2D eigenvalue weighted by Crippen LogP contribution is 2.23. The number of carbonyl (C=O) groups is 2. The molecule has 1 aromatic carbocycles. The molecule has 7 nitrogen and oxygen atoms in total. The number of hydrogen-bond donors (Lipinski definition) is 2. The van der Waals surface area contributed by atoms with E-state index in [1.165, 1.54) is 11.3 Å². The Hall–Kier alpha value is -3.13. The second-order valence-electron chi connectivity index (χ2n) is 6.54. The Kier molecular flexibility index (Phi) is 7.02. The van der Waals surface area contributed by atoms with Gasteiger partial charge in [0.1, 0.15) is 17.6 Å². The summed E-state index contributed by atoms with van der Waals surface area (Å²) < 4.78 is 7.10. The fourth-order valence-electron chi connectivity index (χ4n) is 2.93. The molecular weight excluding hydrogens is 388 g/mol. The summed E-state index contributed by atoms with van der Waals surface area (Å²) in [6.07, 6.45) is 4.41. The highest BCUT2D eigenvalue weighted by atomic mass is 32.1. The first-order chi connectivity index (χ1) is 14.1. The largest absolute Gasteiger partial charge is 0.497 e. The second-order valence-corrected chi connectivity index (χ2v) is 7.32. The molecule has 3 aromatic rings. The lowest BCUT2D eigenvalue weighted by atomic mass is 10.1. The number of aromatic nitrogens is 2. The van der Waals surface area contributed by atoms with Crippen LogP contribution in [0.2, 0.25) is 0 Å². The maximum atomic E-state index is 12.5. The molecule has 2 N–H and O–H groups in total. The number of thiophene rings is 1. The van der Waals surface area contributed by atoms with Crippen molar-refractivity contribution in [3.8, 4) is 5.75 Å². The van der Waals surface area contributed by atoms with Gasteiger partial charge >= 0.3 is 0 Å². The Morgan fingerprint density at radius 1 is 1.24 bits per heavy atom. The number of methoxy groups -OCH3 is 1. The smallest absolute Gasteiger partial charge is 0.252 e. The summed E-state index contributed by atoms with van der Waals surface area (Å²) >= 11 is 1.48. The number of hydrogen-bond acceptors (Lipinski definition) is 5. The maximum absolute atomic E-state index is 12.5. The summed E-state index contributed by atoms with van der Waals surface area (Å²) in [4.78, 5) is 28.9. The van der Waals surface area contributed by atoms with Gasteiger partial charge in [0.25, 0.3) is 5.91 Å². The summed E-state index contributed by atoms with van der Waals surface area (Å²) in [6, 6.07) is 8.96. The Labute approximate surface area is 173 Å². The van der Waals surface area contributed by atoms with Crippen LogP contribution in [0.4, 0.5) is 0 Å². The van der Waals surface area contributed by atoms with Gasteiger partial charge in [-0.3, -0.25) is 9.59 Å². The van der Waals surface area contributed by atoms with E-state index in [1.807, 2.05) is 47.5 Å². The number of ether oxygens (including phenoxy) is 1. The van der Waals surface area contributed by atoms with Crippen LogP contribution in [0.15, 0.2) is 53.5 Å². The normalized spacial score (nSPS) is 11.7. The van der Waals surface area contributed by atoms with E-state index in [4.69, 9.17) is 4.74 Å². The molecule has 3 rings (SSSR count). The first-order valence-electron chi connectivity index (χ1n) is 9.29. The van der Waals surface area contributed by atoms with Crippen molar-refractivity contribution >= 4 is 23.2 Å². The number of aryl methyl sites for hydroxylation is 1. The van der Waals surface area contributed by atoms with Crippen molar-refractivity contribution in [3.05, 3.63) is 70.4 Å². The number of nitrogens with zero attached hydrogens (tertiary/aromatic N) is 2. The summed E-state index contributed by atoms with van der Waals surface area (Å²) in [5.41, 5.74) is 1.56. The number of imidazole rings is 1. The van der Waals surface area contributed by atoms with Gasteiger partial charge in [0.2, 0.25) is 5.91 Å². The number of amides is 2. The Balaban J connectivity index is 1.58. The third-order valence-electron chi connectivity index (χ3n) is 4.52. The molecule has 2 amide bonds. The van der Waals surface area contributed by atoms with Gasteiger partial charge in [-0.15, -0.1) is 0 Å². The van der Waals surface area contributed by atoms with Gasteiger partial charge in [0.05, 0.1) is 7.11 Å². The average Bonchev–Trinajstić information content (AvgIpc) is 3.41. The SMILES string of the molecule is COc1ccc([C@H](NC(=O)CCCNC(=O)c2ccsc2)c2nccn2C)cc1. The zero-order chi connectivity index (χ0) is 20.6. The zero-order valence-corrected chi connectivity index (χ0v) is 17.2. The van der Waals surface area contributed by atoms with E-state index >= 15 is 0 Å². The molecular formula is C21H24N4O3S. The quantitative estimate of drug-likeness (QED) is 0.529. The standard InChI is InChI=1S/C21H24N4O3S/c1-25-12-11-22-20(25)19(15-5-7-17(28-2)8-6-15)24-18(26)4-3-10-23-21(27)16-9-13-29-14-16/h5-9,11-14,19H,3-4,10H2,1-2H3,(H,23,27)(H,24,26)/t19-/m0/s1. The van der Waals surface area contributed by atoms with E-state index in [1.54, 1.807) is 24.8 Å². The van der Waals surface area contributed by atoms with Gasteiger partial charge < -0.3 is 19.9 Å². The fraction of sp³-hybridized carbons (Fsp3) is 0.286. The lowest BCUT2D eigenvalue weighted by Gasteiger charge is -2.19. The van der Waals surface area contributed by atoms with Crippen molar-refractivity contribution in [1.29, 1.82) is 0 Å². The van der Waals surface area contributed by atoms with E-state index < -0.39 is 0 Å². The highest BCUT2D eigenvalue weighted by molar-refractivity contribution is 7.08. The van der Waals surface area contributed by atoms with Crippen LogP contribution >= 0.6 is 11.3 Å². The van der Waals surface area contributed by atoms with Gasteiger partial charge in [0.15, 0.2) is 0 Å². The molecule has 0 fully saturated rings. The van der Waals surface area contributed by atoms with Gasteiger partial charge in [-0.2, -0.15) is 11.3 Å². The van der Waals surface area contributed by atoms with Crippen molar-refractivity contribution in [3.63, 3.8) is 0 Å². The average molecular weight is 413 g/mol. The first-order valence-corrected chi connectivity index (χ1v) is 10.2. The lowest BCUT2D eigenvalue weighted by Crippen LogP contribution is -2.32. The summed E-state index contributed by atoms with van der Waals surface area (Å²) in [6.45, 7) is 0.442. The van der Waals surface area contributed by atoms with E-state index in [-0.39, 0.29) is 17.9 Å². The first kappa shape index (κ1) is 20.6. The zero-order valence-electron chi connectivity index (χ0n) is 16.4. The van der Waals surface area contributed by atoms with Crippen molar-refractivity contribution < 1.29 is 14.3 Å². The van der Waals surface area contributed by atoms with Crippen LogP contribution < -0.4 is 15.4 Å². The van der Waals surface area contributed by atoms with Crippen LogP contribution in [-0.2, 0) is 11.8 Å². The number of carbonyl (C=O) groups excluding carboxylic acids is 2. The molecule has 0 spiro atoms. The van der Waals surface area contributed by atoms with Crippen LogP contribution in [-0.4, -0.2) is 35.0 Å². The van der Waals surface area contributed by atoms with Gasteiger partial charge in [0, 0.05) is 43.4 Å².